The Morgan fingerprint density at radius 3 is 2.78 bits per heavy atom. The van der Waals surface area contributed by atoms with Crippen molar-refractivity contribution < 1.29 is 4.79 Å². The zero-order valence-corrected chi connectivity index (χ0v) is 10.5. The minimum atomic E-state index is -0.0717. The van der Waals surface area contributed by atoms with E-state index in [1.807, 2.05) is 36.2 Å². The molecule has 1 heterocycles. The van der Waals surface area contributed by atoms with Crippen molar-refractivity contribution in [2.75, 3.05) is 18.5 Å². The van der Waals surface area contributed by atoms with Gasteiger partial charge in [-0.05, 0) is 37.6 Å². The molecule has 1 aliphatic rings. The number of benzene rings is 1. The van der Waals surface area contributed by atoms with Crippen LogP contribution in [0.15, 0.2) is 24.3 Å². The molecule has 94 valence electrons. The first kappa shape index (κ1) is 12.6. The van der Waals surface area contributed by atoms with Crippen molar-refractivity contribution in [3.63, 3.8) is 0 Å². The van der Waals surface area contributed by atoms with Crippen molar-refractivity contribution in [3.05, 3.63) is 29.8 Å². The second-order valence-electron chi connectivity index (χ2n) is 4.47. The molecule has 1 atom stereocenters. The first-order valence-corrected chi connectivity index (χ1v) is 6.21. The fraction of sp³-hybridized carbons (Fsp3) is 0.429. The molecule has 0 bridgehead atoms. The molecule has 1 N–H and O–H groups in total. The number of piperidine rings is 1. The molecule has 2 rings (SSSR count). The van der Waals surface area contributed by atoms with Crippen LogP contribution in [0.3, 0.4) is 0 Å². The Labute approximate surface area is 107 Å². The van der Waals surface area contributed by atoms with Crippen LogP contribution in [0.2, 0.25) is 0 Å². The molecule has 1 unspecified atom stereocenters. The van der Waals surface area contributed by atoms with Crippen LogP contribution in [0, 0.1) is 11.3 Å². The first-order chi connectivity index (χ1) is 8.76. The van der Waals surface area contributed by atoms with E-state index in [0.29, 0.717) is 6.42 Å². The Morgan fingerprint density at radius 1 is 1.44 bits per heavy atom. The SMILES string of the molecule is CNC1CCCN(c2ccc(CC#N)cc2)C1=O. The van der Waals surface area contributed by atoms with Gasteiger partial charge >= 0.3 is 0 Å². The smallest absolute Gasteiger partial charge is 0.244 e. The number of amides is 1. The maximum atomic E-state index is 12.2. The van der Waals surface area contributed by atoms with Crippen LogP contribution >= 0.6 is 0 Å². The highest BCUT2D eigenvalue weighted by atomic mass is 16.2. The molecular formula is C14H17N3O. The van der Waals surface area contributed by atoms with Gasteiger partial charge in [-0.1, -0.05) is 12.1 Å². The van der Waals surface area contributed by atoms with Crippen LogP contribution in [-0.4, -0.2) is 25.5 Å². The maximum absolute atomic E-state index is 12.2. The second-order valence-corrected chi connectivity index (χ2v) is 4.47. The lowest BCUT2D eigenvalue weighted by Gasteiger charge is -2.32. The normalized spacial score (nSPS) is 19.7. The van der Waals surface area contributed by atoms with Crippen LogP contribution in [0.1, 0.15) is 18.4 Å². The molecule has 1 aliphatic heterocycles. The summed E-state index contributed by atoms with van der Waals surface area (Å²) in [5.74, 6) is 0.136. The number of likely N-dealkylation sites (N-methyl/N-ethyl adjacent to an activating group) is 1. The lowest BCUT2D eigenvalue weighted by atomic mass is 10.0. The third-order valence-electron chi connectivity index (χ3n) is 3.32. The molecule has 4 nitrogen and oxygen atoms in total. The van der Waals surface area contributed by atoms with E-state index < -0.39 is 0 Å². The van der Waals surface area contributed by atoms with Gasteiger partial charge in [-0.15, -0.1) is 0 Å². The Morgan fingerprint density at radius 2 is 2.17 bits per heavy atom. The summed E-state index contributed by atoms with van der Waals surface area (Å²) < 4.78 is 0. The van der Waals surface area contributed by atoms with Gasteiger partial charge < -0.3 is 10.2 Å². The summed E-state index contributed by atoms with van der Waals surface area (Å²) in [5, 5.41) is 11.7. The van der Waals surface area contributed by atoms with Crippen molar-refractivity contribution in [3.8, 4) is 6.07 Å². The third-order valence-corrected chi connectivity index (χ3v) is 3.32. The number of carbonyl (C=O) groups excluding carboxylic acids is 1. The van der Waals surface area contributed by atoms with E-state index in [1.165, 1.54) is 0 Å². The van der Waals surface area contributed by atoms with E-state index in [0.717, 1.165) is 30.6 Å². The van der Waals surface area contributed by atoms with Gasteiger partial charge in [0.15, 0.2) is 0 Å². The molecule has 18 heavy (non-hydrogen) atoms. The summed E-state index contributed by atoms with van der Waals surface area (Å²) in [6.07, 6.45) is 2.32. The highest BCUT2D eigenvalue weighted by molar-refractivity contribution is 5.97. The quantitative estimate of drug-likeness (QED) is 0.874. The summed E-state index contributed by atoms with van der Waals surface area (Å²) >= 11 is 0. The van der Waals surface area contributed by atoms with Gasteiger partial charge in [0.1, 0.15) is 0 Å². The van der Waals surface area contributed by atoms with E-state index in [1.54, 1.807) is 0 Å². The van der Waals surface area contributed by atoms with E-state index in [9.17, 15) is 4.79 Å². The van der Waals surface area contributed by atoms with Gasteiger partial charge in [0.25, 0.3) is 0 Å². The Hall–Kier alpha value is -1.86. The molecule has 0 spiro atoms. The molecule has 0 aliphatic carbocycles. The van der Waals surface area contributed by atoms with Crippen molar-refractivity contribution in [1.82, 2.24) is 5.32 Å². The summed E-state index contributed by atoms with van der Waals surface area (Å²) in [7, 11) is 1.82. The number of nitriles is 1. The number of nitrogens with one attached hydrogen (secondary N) is 1. The monoisotopic (exact) mass is 243 g/mol. The van der Waals surface area contributed by atoms with Crippen molar-refractivity contribution >= 4 is 11.6 Å². The topological polar surface area (TPSA) is 56.1 Å². The molecule has 1 aromatic rings. The third kappa shape index (κ3) is 2.52. The molecule has 1 amide bonds. The van der Waals surface area contributed by atoms with Gasteiger partial charge in [-0.25, -0.2) is 0 Å². The predicted octanol–water partition coefficient (Wildman–Crippen LogP) is 1.47. The molecule has 1 aromatic carbocycles. The Bertz CT molecular complexity index is 461. The van der Waals surface area contributed by atoms with E-state index >= 15 is 0 Å². The predicted molar refractivity (Wildman–Crippen MR) is 70.2 cm³/mol. The second kappa shape index (κ2) is 5.65. The molecule has 0 saturated carbocycles. The largest absolute Gasteiger partial charge is 0.311 e. The van der Waals surface area contributed by atoms with Crippen LogP contribution in [0.4, 0.5) is 5.69 Å². The van der Waals surface area contributed by atoms with Crippen LogP contribution in [-0.2, 0) is 11.2 Å². The van der Waals surface area contributed by atoms with Crippen LogP contribution < -0.4 is 10.2 Å². The molecular weight excluding hydrogens is 226 g/mol. The summed E-state index contributed by atoms with van der Waals surface area (Å²) in [4.78, 5) is 14.0. The summed E-state index contributed by atoms with van der Waals surface area (Å²) in [6.45, 7) is 0.772. The van der Waals surface area contributed by atoms with Gasteiger partial charge in [0.2, 0.25) is 5.91 Å². The van der Waals surface area contributed by atoms with Crippen LogP contribution in [0.5, 0.6) is 0 Å². The molecule has 4 heteroatoms. The Kier molecular flexibility index (Phi) is 3.96. The zero-order valence-electron chi connectivity index (χ0n) is 10.5. The number of hydrogen-bond donors (Lipinski definition) is 1. The molecule has 1 fully saturated rings. The number of rotatable bonds is 3. The fourth-order valence-corrected chi connectivity index (χ4v) is 2.28. The van der Waals surface area contributed by atoms with Gasteiger partial charge in [0.05, 0.1) is 18.5 Å². The lowest BCUT2D eigenvalue weighted by molar-refractivity contribution is -0.121. The number of carbonyl (C=O) groups is 1. The molecule has 0 aromatic heterocycles. The van der Waals surface area contributed by atoms with Crippen molar-refractivity contribution in [2.24, 2.45) is 0 Å². The lowest BCUT2D eigenvalue weighted by Crippen LogP contribution is -2.49. The molecule has 0 radical (unpaired) electrons. The maximum Gasteiger partial charge on any atom is 0.244 e. The number of anilines is 1. The van der Waals surface area contributed by atoms with Crippen molar-refractivity contribution in [2.45, 2.75) is 25.3 Å². The molecule has 1 saturated heterocycles. The highest BCUT2D eigenvalue weighted by Gasteiger charge is 2.28. The minimum Gasteiger partial charge on any atom is -0.311 e. The average Bonchev–Trinajstić information content (AvgIpc) is 2.41. The number of nitrogens with zero attached hydrogens (tertiary/aromatic N) is 2. The Balaban J connectivity index is 2.15. The fourth-order valence-electron chi connectivity index (χ4n) is 2.28. The van der Waals surface area contributed by atoms with Crippen molar-refractivity contribution in [1.29, 1.82) is 5.26 Å². The minimum absolute atomic E-state index is 0.0717. The standard InChI is InChI=1S/C14H17N3O/c1-16-13-3-2-10-17(14(13)18)12-6-4-11(5-7-12)8-9-15/h4-7,13,16H,2-3,8,10H2,1H3. The van der Waals surface area contributed by atoms with Crippen LogP contribution in [0.25, 0.3) is 0 Å². The highest BCUT2D eigenvalue weighted by Crippen LogP contribution is 2.21. The first-order valence-electron chi connectivity index (χ1n) is 6.21. The van der Waals surface area contributed by atoms with Gasteiger partial charge in [0, 0.05) is 12.2 Å². The zero-order chi connectivity index (χ0) is 13.0. The van der Waals surface area contributed by atoms with Gasteiger partial charge in [-0.2, -0.15) is 5.26 Å². The summed E-state index contributed by atoms with van der Waals surface area (Å²) in [6, 6.07) is 9.71. The van der Waals surface area contributed by atoms with E-state index in [4.69, 9.17) is 5.26 Å². The van der Waals surface area contributed by atoms with Gasteiger partial charge in [-0.3, -0.25) is 4.79 Å². The summed E-state index contributed by atoms with van der Waals surface area (Å²) in [5.41, 5.74) is 1.90. The van der Waals surface area contributed by atoms with E-state index in [-0.39, 0.29) is 11.9 Å². The number of hydrogen-bond acceptors (Lipinski definition) is 3. The average molecular weight is 243 g/mol. The van der Waals surface area contributed by atoms with E-state index in [2.05, 4.69) is 11.4 Å².